The highest BCUT2D eigenvalue weighted by molar-refractivity contribution is 7.71. The van der Waals surface area contributed by atoms with Crippen molar-refractivity contribution in [2.45, 2.75) is 32.4 Å². The number of methoxy groups -OCH3 is 2. The molecule has 1 aromatic carbocycles. The van der Waals surface area contributed by atoms with Crippen molar-refractivity contribution in [3.8, 4) is 22.1 Å². The van der Waals surface area contributed by atoms with E-state index in [0.717, 1.165) is 29.2 Å². The number of hydrogen-bond donors (Lipinski definition) is 2. The Morgan fingerprint density at radius 3 is 2.79 bits per heavy atom. The van der Waals surface area contributed by atoms with Gasteiger partial charge >= 0.3 is 0 Å². The van der Waals surface area contributed by atoms with Gasteiger partial charge < -0.3 is 14.8 Å². The Kier molecular flexibility index (Phi) is 5.37. The van der Waals surface area contributed by atoms with E-state index in [2.05, 4.69) is 20.5 Å². The normalized spacial score (nSPS) is 13.3. The van der Waals surface area contributed by atoms with Crippen LogP contribution >= 0.6 is 23.6 Å². The topological polar surface area (TPSA) is 94.1 Å². The summed E-state index contributed by atoms with van der Waals surface area (Å²) in [7, 11) is 3.18. The zero-order valence-corrected chi connectivity index (χ0v) is 17.9. The van der Waals surface area contributed by atoms with Gasteiger partial charge in [-0.1, -0.05) is 0 Å². The van der Waals surface area contributed by atoms with Crippen LogP contribution in [0.3, 0.4) is 0 Å². The number of amides is 1. The minimum atomic E-state index is -0.178. The van der Waals surface area contributed by atoms with Crippen molar-refractivity contribution in [2.24, 2.45) is 0 Å². The van der Waals surface area contributed by atoms with E-state index in [1.54, 1.807) is 14.2 Å². The molecule has 1 amide bonds. The number of carbonyl (C=O) groups is 1. The van der Waals surface area contributed by atoms with Crippen LogP contribution in [0.2, 0.25) is 0 Å². The number of rotatable bonds is 7. The van der Waals surface area contributed by atoms with E-state index in [4.69, 9.17) is 21.7 Å². The van der Waals surface area contributed by atoms with E-state index in [9.17, 15) is 4.79 Å². The second-order valence-electron chi connectivity index (χ2n) is 6.73. The minimum absolute atomic E-state index is 0.178. The molecule has 0 spiro atoms. The van der Waals surface area contributed by atoms with Crippen LogP contribution in [0.1, 0.15) is 40.1 Å². The molecule has 2 heterocycles. The van der Waals surface area contributed by atoms with Gasteiger partial charge in [-0.3, -0.25) is 14.5 Å². The van der Waals surface area contributed by atoms with Gasteiger partial charge in [0, 0.05) is 11.6 Å². The molecule has 3 aromatic rings. The number of ether oxygens (including phenoxy) is 2. The van der Waals surface area contributed by atoms with Gasteiger partial charge in [-0.05, 0) is 50.2 Å². The van der Waals surface area contributed by atoms with Crippen LogP contribution in [0.5, 0.6) is 11.5 Å². The Morgan fingerprint density at radius 2 is 2.10 bits per heavy atom. The fraction of sp³-hybridized carbons (Fsp3) is 0.368. The van der Waals surface area contributed by atoms with Crippen LogP contribution in [0.15, 0.2) is 18.2 Å². The molecule has 0 atom stereocenters. The zero-order chi connectivity index (χ0) is 20.5. The summed E-state index contributed by atoms with van der Waals surface area (Å²) in [5.74, 6) is 1.83. The maximum absolute atomic E-state index is 12.8. The van der Waals surface area contributed by atoms with Gasteiger partial charge in [0.15, 0.2) is 22.1 Å². The van der Waals surface area contributed by atoms with Gasteiger partial charge in [-0.2, -0.15) is 5.10 Å². The van der Waals surface area contributed by atoms with Crippen molar-refractivity contribution < 1.29 is 14.3 Å². The monoisotopic (exact) mass is 431 g/mol. The Balaban J connectivity index is 1.52. The highest BCUT2D eigenvalue weighted by atomic mass is 32.1. The zero-order valence-electron chi connectivity index (χ0n) is 16.3. The second-order valence-corrected chi connectivity index (χ2v) is 8.12. The average Bonchev–Trinajstić information content (AvgIpc) is 3.39. The number of aromatic amines is 1. The Bertz CT molecular complexity index is 1110. The van der Waals surface area contributed by atoms with Gasteiger partial charge in [0.25, 0.3) is 5.91 Å². The molecule has 0 unspecified atom stereocenters. The molecule has 0 radical (unpaired) electrons. The number of thiazole rings is 1. The predicted molar refractivity (Wildman–Crippen MR) is 112 cm³/mol. The van der Waals surface area contributed by atoms with Crippen molar-refractivity contribution in [3.05, 3.63) is 39.4 Å². The summed E-state index contributed by atoms with van der Waals surface area (Å²) in [5, 5.41) is 10.7. The molecule has 2 N–H and O–H groups in total. The van der Waals surface area contributed by atoms with Crippen molar-refractivity contribution in [2.75, 3.05) is 14.2 Å². The van der Waals surface area contributed by atoms with Crippen molar-refractivity contribution in [1.29, 1.82) is 0 Å². The summed E-state index contributed by atoms with van der Waals surface area (Å²) in [6, 6.07) is 5.97. The summed E-state index contributed by atoms with van der Waals surface area (Å²) in [6.07, 6.45) is 2.19. The quantitative estimate of drug-likeness (QED) is 0.555. The largest absolute Gasteiger partial charge is 0.493 e. The fourth-order valence-corrected chi connectivity index (χ4v) is 4.39. The molecule has 0 aliphatic heterocycles. The predicted octanol–water partition coefficient (Wildman–Crippen LogP) is 3.65. The standard InChI is InChI=1S/C19H21N5O3S2/c1-10-16(17(25)20-9-15-22-23-19(28)24(15)12-5-6-12)29-18(21-10)11-4-7-13(26-2)14(8-11)27-3/h4,7-8,12H,5-6,9H2,1-3H3,(H,20,25)(H,23,28). The lowest BCUT2D eigenvalue weighted by Crippen LogP contribution is -2.24. The lowest BCUT2D eigenvalue weighted by atomic mass is 10.2. The van der Waals surface area contributed by atoms with Crippen LogP contribution in [-0.4, -0.2) is 39.9 Å². The number of benzene rings is 1. The van der Waals surface area contributed by atoms with Crippen molar-refractivity contribution in [3.63, 3.8) is 0 Å². The van der Waals surface area contributed by atoms with E-state index >= 15 is 0 Å². The highest BCUT2D eigenvalue weighted by Gasteiger charge is 2.27. The summed E-state index contributed by atoms with van der Waals surface area (Å²) >= 11 is 6.63. The second kappa shape index (κ2) is 7.96. The fourth-order valence-electron chi connectivity index (χ4n) is 3.11. The van der Waals surface area contributed by atoms with Crippen LogP contribution in [0.4, 0.5) is 0 Å². The molecule has 0 bridgehead atoms. The van der Waals surface area contributed by atoms with Gasteiger partial charge in [-0.15, -0.1) is 11.3 Å². The number of carbonyl (C=O) groups excluding carboxylic acids is 1. The Hall–Kier alpha value is -2.72. The van der Waals surface area contributed by atoms with Gasteiger partial charge in [0.05, 0.1) is 26.5 Å². The summed E-state index contributed by atoms with van der Waals surface area (Å²) in [4.78, 5) is 17.9. The first-order valence-electron chi connectivity index (χ1n) is 9.15. The molecule has 152 valence electrons. The Labute approximate surface area is 176 Å². The molecule has 1 aliphatic carbocycles. The molecule has 0 saturated heterocycles. The third-order valence-corrected chi connectivity index (χ3v) is 6.22. The third kappa shape index (κ3) is 3.90. The van der Waals surface area contributed by atoms with E-state index in [1.807, 2.05) is 29.7 Å². The van der Waals surface area contributed by atoms with Crippen LogP contribution in [0.25, 0.3) is 10.6 Å². The number of hydrogen-bond acceptors (Lipinski definition) is 7. The smallest absolute Gasteiger partial charge is 0.263 e. The van der Waals surface area contributed by atoms with Crippen LogP contribution in [-0.2, 0) is 6.54 Å². The lowest BCUT2D eigenvalue weighted by molar-refractivity contribution is 0.0952. The summed E-state index contributed by atoms with van der Waals surface area (Å²) < 4.78 is 13.2. The average molecular weight is 432 g/mol. The van der Waals surface area contributed by atoms with Gasteiger partial charge in [0.1, 0.15) is 9.88 Å². The summed E-state index contributed by atoms with van der Waals surface area (Å²) in [5.41, 5.74) is 1.54. The van der Waals surface area contributed by atoms with Crippen LogP contribution < -0.4 is 14.8 Å². The van der Waals surface area contributed by atoms with Gasteiger partial charge in [0.2, 0.25) is 0 Å². The van der Waals surface area contributed by atoms with Crippen molar-refractivity contribution >= 4 is 29.5 Å². The Morgan fingerprint density at radius 1 is 1.34 bits per heavy atom. The molecular formula is C19H21N5O3S2. The van der Waals surface area contributed by atoms with Crippen molar-refractivity contribution in [1.82, 2.24) is 25.1 Å². The lowest BCUT2D eigenvalue weighted by Gasteiger charge is -2.08. The highest BCUT2D eigenvalue weighted by Crippen LogP contribution is 2.36. The van der Waals surface area contributed by atoms with E-state index < -0.39 is 0 Å². The first-order chi connectivity index (χ1) is 14.0. The molecule has 1 saturated carbocycles. The maximum Gasteiger partial charge on any atom is 0.263 e. The number of H-pyrrole nitrogens is 1. The number of nitrogens with one attached hydrogen (secondary N) is 2. The molecule has 1 aliphatic rings. The minimum Gasteiger partial charge on any atom is -0.493 e. The molecule has 2 aromatic heterocycles. The number of aryl methyl sites for hydroxylation is 1. The van der Waals surface area contributed by atoms with E-state index in [1.165, 1.54) is 11.3 Å². The van der Waals surface area contributed by atoms with Crippen LogP contribution in [0, 0.1) is 11.7 Å². The first-order valence-corrected chi connectivity index (χ1v) is 10.4. The number of nitrogens with zero attached hydrogens (tertiary/aromatic N) is 3. The molecule has 10 heteroatoms. The molecule has 8 nitrogen and oxygen atoms in total. The number of aromatic nitrogens is 4. The summed E-state index contributed by atoms with van der Waals surface area (Å²) in [6.45, 7) is 2.14. The third-order valence-electron chi connectivity index (χ3n) is 4.73. The first kappa shape index (κ1) is 19.6. The molecule has 1 fully saturated rings. The van der Waals surface area contributed by atoms with E-state index in [0.29, 0.717) is 39.4 Å². The molecular weight excluding hydrogens is 410 g/mol. The SMILES string of the molecule is COc1ccc(-c2nc(C)c(C(=O)NCc3n[nH]c(=S)n3C3CC3)s2)cc1OC. The molecule has 29 heavy (non-hydrogen) atoms. The van der Waals surface area contributed by atoms with Gasteiger partial charge in [-0.25, -0.2) is 4.98 Å². The molecule has 4 rings (SSSR count). The van der Waals surface area contributed by atoms with E-state index in [-0.39, 0.29) is 5.91 Å². The maximum atomic E-state index is 12.8.